The molecule has 0 spiro atoms. The second kappa shape index (κ2) is 5.73. The number of amides is 1. The van der Waals surface area contributed by atoms with Gasteiger partial charge in [0.25, 0.3) is 0 Å². The zero-order chi connectivity index (χ0) is 11.3. The number of hydrogen-bond donors (Lipinski definition) is 0. The van der Waals surface area contributed by atoms with Gasteiger partial charge in [0.05, 0.1) is 7.11 Å². The fourth-order valence-corrected chi connectivity index (χ4v) is 2.08. The van der Waals surface area contributed by atoms with Crippen molar-refractivity contribution < 1.29 is 14.3 Å². The Balaban J connectivity index is 2.36. The Morgan fingerprint density at radius 3 is 2.40 bits per heavy atom. The highest BCUT2D eigenvalue weighted by atomic mass is 16.5. The van der Waals surface area contributed by atoms with Crippen LogP contribution in [0.25, 0.3) is 0 Å². The fourth-order valence-electron chi connectivity index (χ4n) is 2.08. The second-order valence-corrected chi connectivity index (χ2v) is 4.18. The second-order valence-electron chi connectivity index (χ2n) is 4.18. The third-order valence-corrected chi connectivity index (χ3v) is 2.96. The third-order valence-electron chi connectivity index (χ3n) is 2.96. The van der Waals surface area contributed by atoms with E-state index < -0.39 is 11.9 Å². The van der Waals surface area contributed by atoms with E-state index in [0.717, 1.165) is 0 Å². The lowest BCUT2D eigenvalue weighted by molar-refractivity contribution is -0.157. The first kappa shape index (κ1) is 12.0. The molecule has 0 aromatic carbocycles. The summed E-state index contributed by atoms with van der Waals surface area (Å²) < 4.78 is 4.39. The van der Waals surface area contributed by atoms with Crippen molar-refractivity contribution in [3.8, 4) is 0 Å². The summed E-state index contributed by atoms with van der Waals surface area (Å²) in [5.74, 6) is -0.756. The number of hydrogen-bond acceptors (Lipinski definition) is 3. The van der Waals surface area contributed by atoms with Gasteiger partial charge in [0.15, 0.2) is 0 Å². The van der Waals surface area contributed by atoms with Gasteiger partial charge in [0.2, 0.25) is 0 Å². The van der Waals surface area contributed by atoms with E-state index in [-0.39, 0.29) is 0 Å². The minimum atomic E-state index is -0.770. The Bertz CT molecular complexity index is 234. The third kappa shape index (κ3) is 3.53. The van der Waals surface area contributed by atoms with Gasteiger partial charge in [-0.05, 0) is 18.8 Å². The summed E-state index contributed by atoms with van der Waals surface area (Å²) in [5, 5.41) is 0. The molecule has 1 fully saturated rings. The van der Waals surface area contributed by atoms with Crippen LogP contribution in [0.2, 0.25) is 0 Å². The molecule has 0 N–H and O–H groups in total. The molecule has 86 valence electrons. The highest BCUT2D eigenvalue weighted by Crippen LogP contribution is 2.24. The van der Waals surface area contributed by atoms with E-state index in [2.05, 4.69) is 4.74 Å². The van der Waals surface area contributed by atoms with Crippen LogP contribution >= 0.6 is 0 Å². The van der Waals surface area contributed by atoms with Gasteiger partial charge in [0, 0.05) is 13.6 Å². The number of nitrogens with zero attached hydrogens (tertiary/aromatic N) is 1. The summed E-state index contributed by atoms with van der Waals surface area (Å²) in [6.07, 6.45) is 6.11. The van der Waals surface area contributed by atoms with E-state index in [1.165, 1.54) is 44.1 Å². The molecule has 1 saturated carbocycles. The van der Waals surface area contributed by atoms with Gasteiger partial charge in [-0.25, -0.2) is 4.79 Å². The van der Waals surface area contributed by atoms with Gasteiger partial charge < -0.3 is 9.64 Å². The van der Waals surface area contributed by atoms with Crippen LogP contribution in [0.3, 0.4) is 0 Å². The van der Waals surface area contributed by atoms with Crippen molar-refractivity contribution >= 4 is 11.9 Å². The van der Waals surface area contributed by atoms with Crippen molar-refractivity contribution in [1.29, 1.82) is 0 Å². The van der Waals surface area contributed by atoms with Crippen molar-refractivity contribution in [3.63, 3.8) is 0 Å². The predicted octanol–water partition coefficient (Wildman–Crippen LogP) is 1.20. The van der Waals surface area contributed by atoms with E-state index in [0.29, 0.717) is 12.5 Å². The Morgan fingerprint density at radius 1 is 1.27 bits per heavy atom. The summed E-state index contributed by atoms with van der Waals surface area (Å²) in [5.41, 5.74) is 0. The molecule has 1 rings (SSSR count). The maximum Gasteiger partial charge on any atom is 0.396 e. The number of esters is 1. The van der Waals surface area contributed by atoms with E-state index in [1.807, 2.05) is 0 Å². The molecule has 0 heterocycles. The zero-order valence-electron chi connectivity index (χ0n) is 9.49. The van der Waals surface area contributed by atoms with Crippen LogP contribution in [0, 0.1) is 5.92 Å². The smallest absolute Gasteiger partial charge is 0.396 e. The average Bonchev–Trinajstić information content (AvgIpc) is 2.28. The van der Waals surface area contributed by atoms with Crippen LogP contribution < -0.4 is 0 Å². The van der Waals surface area contributed by atoms with Crippen molar-refractivity contribution in [2.45, 2.75) is 32.1 Å². The molecule has 15 heavy (non-hydrogen) atoms. The van der Waals surface area contributed by atoms with Gasteiger partial charge in [-0.1, -0.05) is 19.3 Å². The summed E-state index contributed by atoms with van der Waals surface area (Å²) in [6, 6.07) is 0. The lowest BCUT2D eigenvalue weighted by Gasteiger charge is -2.26. The van der Waals surface area contributed by atoms with Crippen LogP contribution in [0.5, 0.6) is 0 Å². The molecule has 1 aliphatic rings. The van der Waals surface area contributed by atoms with E-state index in [4.69, 9.17) is 0 Å². The molecule has 1 aliphatic carbocycles. The first-order chi connectivity index (χ1) is 7.15. The number of ether oxygens (including phenoxy) is 1. The normalized spacial score (nSPS) is 17.2. The van der Waals surface area contributed by atoms with Crippen molar-refractivity contribution in [3.05, 3.63) is 0 Å². The van der Waals surface area contributed by atoms with Gasteiger partial charge >= 0.3 is 11.9 Å². The largest absolute Gasteiger partial charge is 0.462 e. The molecule has 0 atom stereocenters. The van der Waals surface area contributed by atoms with Gasteiger partial charge in [-0.2, -0.15) is 0 Å². The number of methoxy groups -OCH3 is 1. The lowest BCUT2D eigenvalue weighted by atomic mass is 9.89. The SMILES string of the molecule is COC(=O)C(=O)N(C)CC1CCCCC1. The molecule has 0 aliphatic heterocycles. The number of carbonyl (C=O) groups is 2. The monoisotopic (exact) mass is 213 g/mol. The Kier molecular flexibility index (Phi) is 4.59. The molecule has 0 radical (unpaired) electrons. The van der Waals surface area contributed by atoms with Gasteiger partial charge in [-0.15, -0.1) is 0 Å². The molecule has 0 unspecified atom stereocenters. The number of likely N-dealkylation sites (N-methyl/N-ethyl adjacent to an activating group) is 1. The Morgan fingerprint density at radius 2 is 1.87 bits per heavy atom. The molecule has 4 nitrogen and oxygen atoms in total. The van der Waals surface area contributed by atoms with Crippen molar-refractivity contribution in [2.24, 2.45) is 5.92 Å². The van der Waals surface area contributed by atoms with Gasteiger partial charge in [0.1, 0.15) is 0 Å². The molecule has 0 saturated heterocycles. The lowest BCUT2D eigenvalue weighted by Crippen LogP contribution is -2.37. The summed E-state index contributed by atoms with van der Waals surface area (Å²) in [6.45, 7) is 0.675. The van der Waals surface area contributed by atoms with Gasteiger partial charge in [-0.3, -0.25) is 4.79 Å². The first-order valence-electron chi connectivity index (χ1n) is 5.48. The maximum atomic E-state index is 11.4. The highest BCUT2D eigenvalue weighted by molar-refractivity contribution is 6.32. The Hall–Kier alpha value is -1.06. The quantitative estimate of drug-likeness (QED) is 0.511. The highest BCUT2D eigenvalue weighted by Gasteiger charge is 2.22. The molecule has 0 aromatic rings. The van der Waals surface area contributed by atoms with Crippen molar-refractivity contribution in [2.75, 3.05) is 20.7 Å². The summed E-state index contributed by atoms with van der Waals surface area (Å²) >= 11 is 0. The van der Waals surface area contributed by atoms with Crippen LogP contribution in [0.15, 0.2) is 0 Å². The summed E-state index contributed by atoms with van der Waals surface area (Å²) in [4.78, 5) is 23.9. The molecular formula is C11H19NO3. The fraction of sp³-hybridized carbons (Fsp3) is 0.818. The zero-order valence-corrected chi connectivity index (χ0v) is 9.49. The number of rotatable bonds is 2. The minimum Gasteiger partial charge on any atom is -0.462 e. The molecular weight excluding hydrogens is 194 g/mol. The summed E-state index contributed by atoms with van der Waals surface area (Å²) in [7, 11) is 2.89. The van der Waals surface area contributed by atoms with Crippen LogP contribution in [0.4, 0.5) is 0 Å². The first-order valence-corrected chi connectivity index (χ1v) is 5.48. The predicted molar refractivity (Wildman–Crippen MR) is 56.2 cm³/mol. The van der Waals surface area contributed by atoms with E-state index in [9.17, 15) is 9.59 Å². The van der Waals surface area contributed by atoms with Crippen LogP contribution in [0.1, 0.15) is 32.1 Å². The topological polar surface area (TPSA) is 46.6 Å². The minimum absolute atomic E-state index is 0.539. The Labute approximate surface area is 90.6 Å². The van der Waals surface area contributed by atoms with E-state index >= 15 is 0 Å². The van der Waals surface area contributed by atoms with E-state index in [1.54, 1.807) is 7.05 Å². The standard InChI is InChI=1S/C11H19NO3/c1-12(10(13)11(14)15-2)8-9-6-4-3-5-7-9/h9H,3-8H2,1-2H3. The molecule has 4 heteroatoms. The molecule has 1 amide bonds. The average molecular weight is 213 g/mol. The number of carbonyl (C=O) groups excluding carboxylic acids is 2. The molecule has 0 bridgehead atoms. The molecule has 0 aromatic heterocycles. The van der Waals surface area contributed by atoms with Crippen molar-refractivity contribution in [1.82, 2.24) is 4.90 Å². The van der Waals surface area contributed by atoms with Crippen LogP contribution in [-0.4, -0.2) is 37.5 Å². The maximum absolute atomic E-state index is 11.4. The van der Waals surface area contributed by atoms with Crippen LogP contribution in [-0.2, 0) is 14.3 Å².